The van der Waals surface area contributed by atoms with Gasteiger partial charge in [-0.1, -0.05) is 18.5 Å². The first-order valence-corrected chi connectivity index (χ1v) is 9.54. The number of rotatable bonds is 1. The number of hydrogen-bond acceptors (Lipinski definition) is 4. The predicted octanol–water partition coefficient (Wildman–Crippen LogP) is 2.80. The van der Waals surface area contributed by atoms with Gasteiger partial charge in [-0.05, 0) is 51.7 Å². The van der Waals surface area contributed by atoms with Gasteiger partial charge >= 0.3 is 7.12 Å². The van der Waals surface area contributed by atoms with Gasteiger partial charge in [0.05, 0.1) is 28.3 Å². The van der Waals surface area contributed by atoms with E-state index in [9.17, 15) is 4.79 Å². The maximum atomic E-state index is 13.0. The molecule has 0 saturated carbocycles. The number of carbonyl (C=O) groups excluding carboxylic acids is 1. The van der Waals surface area contributed by atoms with Gasteiger partial charge in [0, 0.05) is 12.5 Å². The van der Waals surface area contributed by atoms with E-state index in [1.807, 2.05) is 45.6 Å². The van der Waals surface area contributed by atoms with Crippen LogP contribution in [0.3, 0.4) is 0 Å². The zero-order chi connectivity index (χ0) is 19.0. The Kier molecular flexibility index (Phi) is 3.93. The van der Waals surface area contributed by atoms with E-state index in [2.05, 4.69) is 6.92 Å². The standard InChI is InChI=1S/C19H25BClNO4/c1-10-8-22-9-14(10)24-16-12(17(22)23)7-13(11(2)15(16)21)20-25-18(3,4)19(5,6)26-20/h7,10,14H,8-9H2,1-6H3/t10-,14+/m0/s1. The second kappa shape index (κ2) is 5.63. The third-order valence-electron chi connectivity index (χ3n) is 6.34. The summed E-state index contributed by atoms with van der Waals surface area (Å²) >= 11 is 6.65. The molecule has 2 fully saturated rings. The van der Waals surface area contributed by atoms with Gasteiger partial charge in [0.25, 0.3) is 5.91 Å². The van der Waals surface area contributed by atoms with Crippen LogP contribution >= 0.6 is 11.6 Å². The Balaban J connectivity index is 1.80. The smallest absolute Gasteiger partial charge is 0.486 e. The van der Waals surface area contributed by atoms with Gasteiger partial charge in [0.2, 0.25) is 0 Å². The van der Waals surface area contributed by atoms with Gasteiger partial charge in [-0.25, -0.2) is 0 Å². The molecular weight excluding hydrogens is 352 g/mol. The Labute approximate surface area is 160 Å². The molecule has 1 aromatic carbocycles. The molecule has 0 aliphatic carbocycles. The zero-order valence-electron chi connectivity index (χ0n) is 16.2. The molecule has 0 N–H and O–H groups in total. The zero-order valence-corrected chi connectivity index (χ0v) is 16.9. The molecule has 0 unspecified atom stereocenters. The summed E-state index contributed by atoms with van der Waals surface area (Å²) in [5, 5.41) is 0.474. The number of ether oxygens (including phenoxy) is 1. The quantitative estimate of drug-likeness (QED) is 0.706. The van der Waals surface area contributed by atoms with E-state index < -0.39 is 18.3 Å². The van der Waals surface area contributed by atoms with Crippen LogP contribution in [0, 0.1) is 12.8 Å². The minimum Gasteiger partial charge on any atom is -0.486 e. The number of hydrogen-bond donors (Lipinski definition) is 0. The van der Waals surface area contributed by atoms with Crippen molar-refractivity contribution in [2.24, 2.45) is 5.92 Å². The van der Waals surface area contributed by atoms with E-state index in [1.54, 1.807) is 0 Å². The first kappa shape index (κ1) is 18.1. The van der Waals surface area contributed by atoms with Crippen molar-refractivity contribution in [1.29, 1.82) is 0 Å². The van der Waals surface area contributed by atoms with Crippen molar-refractivity contribution < 1.29 is 18.8 Å². The van der Waals surface area contributed by atoms with Crippen LogP contribution < -0.4 is 10.2 Å². The average molecular weight is 378 g/mol. The number of halogens is 1. The van der Waals surface area contributed by atoms with Gasteiger partial charge in [0.15, 0.2) is 5.75 Å². The lowest BCUT2D eigenvalue weighted by molar-refractivity contribution is 0.00578. The van der Waals surface area contributed by atoms with Crippen LogP contribution in [-0.2, 0) is 9.31 Å². The van der Waals surface area contributed by atoms with Crippen molar-refractivity contribution in [2.75, 3.05) is 13.1 Å². The van der Waals surface area contributed by atoms with E-state index in [4.69, 9.17) is 25.6 Å². The summed E-state index contributed by atoms with van der Waals surface area (Å²) in [7, 11) is -0.565. The number of fused-ring (bicyclic) bond motifs is 3. The minimum atomic E-state index is -0.565. The van der Waals surface area contributed by atoms with Crippen LogP contribution in [0.25, 0.3) is 0 Å². The van der Waals surface area contributed by atoms with Crippen LogP contribution in [0.15, 0.2) is 6.07 Å². The summed E-state index contributed by atoms with van der Waals surface area (Å²) in [6.07, 6.45) is -0.0141. The molecule has 2 atom stereocenters. The van der Waals surface area contributed by atoms with Crippen molar-refractivity contribution in [1.82, 2.24) is 4.90 Å². The van der Waals surface area contributed by atoms with Crippen LogP contribution in [0.1, 0.15) is 50.5 Å². The van der Waals surface area contributed by atoms with Gasteiger partial charge in [0.1, 0.15) is 6.10 Å². The maximum Gasteiger partial charge on any atom is 0.495 e. The highest BCUT2D eigenvalue weighted by molar-refractivity contribution is 6.63. The van der Waals surface area contributed by atoms with E-state index >= 15 is 0 Å². The molecule has 1 aromatic rings. The van der Waals surface area contributed by atoms with E-state index in [0.29, 0.717) is 35.3 Å². The molecule has 1 amide bonds. The van der Waals surface area contributed by atoms with Crippen molar-refractivity contribution in [3.8, 4) is 5.75 Å². The number of amides is 1. The molecule has 7 heteroatoms. The Bertz CT molecular complexity index is 778. The van der Waals surface area contributed by atoms with Crippen LogP contribution in [0.4, 0.5) is 0 Å². The number of carbonyl (C=O) groups is 1. The number of benzene rings is 1. The summed E-state index contributed by atoms with van der Waals surface area (Å²) in [4.78, 5) is 14.9. The van der Waals surface area contributed by atoms with Gasteiger partial charge < -0.3 is 18.9 Å². The van der Waals surface area contributed by atoms with Crippen molar-refractivity contribution >= 4 is 30.1 Å². The second-order valence-electron chi connectivity index (χ2n) is 8.71. The lowest BCUT2D eigenvalue weighted by Gasteiger charge is -2.32. The largest absolute Gasteiger partial charge is 0.495 e. The molecular formula is C19H25BClNO4. The molecule has 26 heavy (non-hydrogen) atoms. The number of nitrogens with zero attached hydrogens (tertiary/aromatic N) is 1. The van der Waals surface area contributed by atoms with Gasteiger partial charge in [-0.3, -0.25) is 4.79 Å². The summed E-state index contributed by atoms with van der Waals surface area (Å²) in [5.41, 5.74) is 1.21. The molecule has 2 saturated heterocycles. The Hall–Kier alpha value is -1.24. The van der Waals surface area contributed by atoms with E-state index in [1.165, 1.54) is 0 Å². The Morgan fingerprint density at radius 3 is 2.42 bits per heavy atom. The van der Waals surface area contributed by atoms with Crippen molar-refractivity contribution in [2.45, 2.75) is 58.8 Å². The Morgan fingerprint density at radius 2 is 1.81 bits per heavy atom. The summed E-state index contributed by atoms with van der Waals surface area (Å²) in [6.45, 7) is 13.4. The van der Waals surface area contributed by atoms with Gasteiger partial charge in [-0.15, -0.1) is 0 Å². The first-order valence-electron chi connectivity index (χ1n) is 9.16. The molecule has 4 rings (SSSR count). The van der Waals surface area contributed by atoms with Crippen LogP contribution in [0.5, 0.6) is 5.75 Å². The monoisotopic (exact) mass is 377 g/mol. The highest BCUT2D eigenvalue weighted by Crippen LogP contribution is 2.41. The maximum absolute atomic E-state index is 13.0. The second-order valence-corrected chi connectivity index (χ2v) is 9.09. The summed E-state index contributed by atoms with van der Waals surface area (Å²) in [6, 6.07) is 1.84. The molecule has 3 aliphatic heterocycles. The molecule has 3 heterocycles. The molecule has 5 nitrogen and oxygen atoms in total. The van der Waals surface area contributed by atoms with Crippen molar-refractivity contribution in [3.05, 3.63) is 22.2 Å². The molecule has 2 bridgehead atoms. The lowest BCUT2D eigenvalue weighted by atomic mass is 9.75. The van der Waals surface area contributed by atoms with Crippen molar-refractivity contribution in [3.63, 3.8) is 0 Å². The third kappa shape index (κ3) is 2.49. The Morgan fingerprint density at radius 1 is 1.19 bits per heavy atom. The summed E-state index contributed by atoms with van der Waals surface area (Å²) in [5.74, 6) is 0.756. The topological polar surface area (TPSA) is 48.0 Å². The normalized spacial score (nSPS) is 28.8. The molecule has 140 valence electrons. The van der Waals surface area contributed by atoms with Crippen LogP contribution in [0.2, 0.25) is 5.02 Å². The fourth-order valence-electron chi connectivity index (χ4n) is 3.81. The predicted molar refractivity (Wildman–Crippen MR) is 101 cm³/mol. The van der Waals surface area contributed by atoms with E-state index in [-0.39, 0.29) is 12.0 Å². The third-order valence-corrected chi connectivity index (χ3v) is 6.80. The van der Waals surface area contributed by atoms with Gasteiger partial charge in [-0.2, -0.15) is 0 Å². The van der Waals surface area contributed by atoms with E-state index in [0.717, 1.165) is 11.0 Å². The highest BCUT2D eigenvalue weighted by atomic mass is 35.5. The fraction of sp³-hybridized carbons (Fsp3) is 0.632. The summed E-state index contributed by atoms with van der Waals surface area (Å²) < 4.78 is 18.5. The minimum absolute atomic E-state index is 0.0141. The molecule has 0 aromatic heterocycles. The van der Waals surface area contributed by atoms with Crippen LogP contribution in [-0.4, -0.2) is 48.3 Å². The molecule has 3 aliphatic rings. The SMILES string of the molecule is Cc1c(B2OC(C)(C)C(C)(C)O2)cc2c(c1Cl)O[C@@H]1CN(C[C@@H]1C)C2=O. The lowest BCUT2D eigenvalue weighted by Crippen LogP contribution is -2.41. The first-order chi connectivity index (χ1) is 12.0. The highest BCUT2D eigenvalue weighted by Gasteiger charge is 2.52. The molecule has 0 radical (unpaired) electrons. The fourth-order valence-corrected chi connectivity index (χ4v) is 4.07. The molecule has 0 spiro atoms. The average Bonchev–Trinajstić information content (AvgIpc) is 2.95.